The number of rotatable bonds is 0. The van der Waals surface area contributed by atoms with Gasteiger partial charge in [0.1, 0.15) is 5.66 Å². The summed E-state index contributed by atoms with van der Waals surface area (Å²) in [4.78, 5) is 0. The van der Waals surface area contributed by atoms with Crippen LogP contribution in [0.1, 0.15) is 30.4 Å². The summed E-state index contributed by atoms with van der Waals surface area (Å²) < 4.78 is 0. The van der Waals surface area contributed by atoms with Gasteiger partial charge in [-0.25, -0.2) is 0 Å². The van der Waals surface area contributed by atoms with Gasteiger partial charge in [-0.2, -0.15) is 0 Å². The van der Waals surface area contributed by atoms with Gasteiger partial charge in [0.25, 0.3) is 0 Å². The molecule has 0 amide bonds. The minimum absolute atomic E-state index is 0.205. The van der Waals surface area contributed by atoms with E-state index in [2.05, 4.69) is 71.3 Å². The summed E-state index contributed by atoms with van der Waals surface area (Å²) in [6, 6.07) is 15.3. The summed E-state index contributed by atoms with van der Waals surface area (Å²) in [5, 5.41) is 10.4. The van der Waals surface area contributed by atoms with E-state index in [1.807, 2.05) is 0 Å². The van der Waals surface area contributed by atoms with Gasteiger partial charge in [0.05, 0.1) is 0 Å². The lowest BCUT2D eigenvalue weighted by molar-refractivity contribution is 0.430. The van der Waals surface area contributed by atoms with Crippen molar-refractivity contribution >= 4 is 23.5 Å². The quantitative estimate of drug-likeness (QED) is 0.778. The summed E-state index contributed by atoms with van der Waals surface area (Å²) in [5.74, 6) is 0. The molecule has 1 atom stereocenters. The van der Waals surface area contributed by atoms with E-state index in [1.54, 1.807) is 0 Å². The Balaban J connectivity index is 1.76. The highest BCUT2D eigenvalue weighted by Gasteiger charge is 2.38. The van der Waals surface area contributed by atoms with Gasteiger partial charge in [-0.1, -0.05) is 54.6 Å². The lowest BCUT2D eigenvalue weighted by atomic mass is 9.84. The van der Waals surface area contributed by atoms with Crippen LogP contribution >= 0.6 is 0 Å². The molecule has 22 heavy (non-hydrogen) atoms. The lowest BCUT2D eigenvalue weighted by Gasteiger charge is -2.44. The van der Waals surface area contributed by atoms with Crippen LogP contribution in [0.5, 0.6) is 0 Å². The highest BCUT2D eigenvalue weighted by molar-refractivity contribution is 5.69. The van der Waals surface area contributed by atoms with Crippen LogP contribution in [-0.2, 0) is 5.66 Å². The van der Waals surface area contributed by atoms with Crippen LogP contribution in [0, 0.1) is 0 Å². The van der Waals surface area contributed by atoms with E-state index >= 15 is 0 Å². The van der Waals surface area contributed by atoms with Crippen LogP contribution in [0.25, 0.3) is 17.8 Å². The second kappa shape index (κ2) is 4.26. The molecule has 2 heteroatoms. The summed E-state index contributed by atoms with van der Waals surface area (Å²) in [6.07, 6.45) is 10.0. The molecular weight excluding hydrogens is 268 g/mol. The average Bonchev–Trinajstić information content (AvgIpc) is 2.56. The van der Waals surface area contributed by atoms with Crippen molar-refractivity contribution in [2.45, 2.75) is 24.9 Å². The van der Waals surface area contributed by atoms with Gasteiger partial charge in [-0.05, 0) is 29.7 Å². The average molecular weight is 286 g/mol. The Morgan fingerprint density at radius 1 is 0.955 bits per heavy atom. The predicted molar refractivity (Wildman–Crippen MR) is 91.3 cm³/mol. The van der Waals surface area contributed by atoms with Crippen molar-refractivity contribution in [2.24, 2.45) is 0 Å². The first-order valence-corrected chi connectivity index (χ1v) is 8.01. The van der Waals surface area contributed by atoms with Crippen LogP contribution < -0.4 is 21.1 Å². The molecule has 1 spiro atoms. The maximum Gasteiger partial charge on any atom is 0.138 e. The van der Waals surface area contributed by atoms with Gasteiger partial charge in [0, 0.05) is 28.6 Å². The molecule has 0 radical (unpaired) electrons. The molecule has 2 nitrogen and oxygen atoms in total. The fourth-order valence-electron chi connectivity index (χ4n) is 4.06. The fraction of sp³-hybridized carbons (Fsp3) is 0.200. The third-order valence-corrected chi connectivity index (χ3v) is 5.01. The Bertz CT molecular complexity index is 923. The van der Waals surface area contributed by atoms with Crippen LogP contribution in [0.2, 0.25) is 0 Å². The Labute approximate surface area is 129 Å². The van der Waals surface area contributed by atoms with E-state index in [0.717, 1.165) is 19.3 Å². The molecule has 2 aromatic rings. The second-order valence-electron chi connectivity index (χ2n) is 6.34. The highest BCUT2D eigenvalue weighted by atomic mass is 15.2. The Kier molecular flexibility index (Phi) is 2.34. The molecule has 3 aliphatic rings. The van der Waals surface area contributed by atoms with Crippen molar-refractivity contribution in [3.8, 4) is 0 Å². The molecule has 1 aliphatic heterocycles. The zero-order valence-electron chi connectivity index (χ0n) is 12.4. The summed E-state index contributed by atoms with van der Waals surface area (Å²) >= 11 is 0. The van der Waals surface area contributed by atoms with Gasteiger partial charge in [-0.3, -0.25) is 0 Å². The molecule has 0 bridgehead atoms. The molecule has 0 aromatic heterocycles. The summed E-state index contributed by atoms with van der Waals surface area (Å²) in [6.45, 7) is 0. The monoisotopic (exact) mass is 286 g/mol. The van der Waals surface area contributed by atoms with E-state index in [4.69, 9.17) is 0 Å². The van der Waals surface area contributed by atoms with Gasteiger partial charge in [0.15, 0.2) is 0 Å². The maximum atomic E-state index is 3.86. The molecule has 2 aliphatic carbocycles. The van der Waals surface area contributed by atoms with Crippen LogP contribution in [-0.4, -0.2) is 0 Å². The topological polar surface area (TPSA) is 24.1 Å². The van der Waals surface area contributed by atoms with Crippen molar-refractivity contribution in [3.05, 3.63) is 70.1 Å². The molecule has 1 unspecified atom stereocenters. The molecule has 2 N–H and O–H groups in total. The zero-order valence-corrected chi connectivity index (χ0v) is 12.4. The third-order valence-electron chi connectivity index (χ3n) is 5.01. The van der Waals surface area contributed by atoms with Gasteiger partial charge < -0.3 is 10.6 Å². The summed E-state index contributed by atoms with van der Waals surface area (Å²) in [5.41, 5.74) is 5.08. The number of hydrogen-bond acceptors (Lipinski definition) is 2. The molecule has 108 valence electrons. The minimum atomic E-state index is -0.205. The molecule has 0 fully saturated rings. The van der Waals surface area contributed by atoms with Crippen molar-refractivity contribution < 1.29 is 0 Å². The smallest absolute Gasteiger partial charge is 0.138 e. The number of nitrogens with one attached hydrogen (secondary N) is 2. The molecule has 1 heterocycles. The van der Waals surface area contributed by atoms with Crippen molar-refractivity contribution in [2.75, 3.05) is 5.32 Å². The second-order valence-corrected chi connectivity index (χ2v) is 6.34. The first-order valence-electron chi connectivity index (χ1n) is 8.01. The Morgan fingerprint density at radius 2 is 1.91 bits per heavy atom. The number of anilines is 1. The zero-order chi connectivity index (χ0) is 14.6. The first kappa shape index (κ1) is 12.1. The van der Waals surface area contributed by atoms with Crippen molar-refractivity contribution in [3.63, 3.8) is 0 Å². The van der Waals surface area contributed by atoms with Crippen molar-refractivity contribution in [1.82, 2.24) is 5.32 Å². The van der Waals surface area contributed by atoms with Gasteiger partial charge >= 0.3 is 0 Å². The number of fused-ring (bicyclic) bond motifs is 2. The highest BCUT2D eigenvalue weighted by Crippen LogP contribution is 2.37. The Hall–Kier alpha value is -2.48. The van der Waals surface area contributed by atoms with Gasteiger partial charge in [-0.15, -0.1) is 0 Å². The standard InChI is InChI=1S/C20H18N2/c1-2-10-16-14(6-1)9-5-13-20(16)21-17-11-3-7-15-8-4-12-18(22-20)19(15)17/h1-3,5-11,21-22H,4,12-13H2. The molecule has 0 saturated carbocycles. The Morgan fingerprint density at radius 3 is 2.91 bits per heavy atom. The molecule has 2 aromatic carbocycles. The minimum Gasteiger partial charge on any atom is -0.362 e. The first-order chi connectivity index (χ1) is 10.9. The van der Waals surface area contributed by atoms with E-state index in [-0.39, 0.29) is 5.66 Å². The number of hydrogen-bond donors (Lipinski definition) is 2. The van der Waals surface area contributed by atoms with E-state index in [0.29, 0.717) is 0 Å². The van der Waals surface area contributed by atoms with Crippen LogP contribution in [0.15, 0.2) is 48.5 Å². The fourth-order valence-corrected chi connectivity index (χ4v) is 4.06. The van der Waals surface area contributed by atoms with Crippen molar-refractivity contribution in [1.29, 1.82) is 0 Å². The molecule has 5 rings (SSSR count). The number of benzene rings is 2. The largest absolute Gasteiger partial charge is 0.362 e. The molecular formula is C20H18N2. The lowest BCUT2D eigenvalue weighted by Crippen LogP contribution is -2.56. The third kappa shape index (κ3) is 1.55. The summed E-state index contributed by atoms with van der Waals surface area (Å²) in [7, 11) is 0. The van der Waals surface area contributed by atoms with Crippen LogP contribution in [0.3, 0.4) is 0 Å². The normalized spacial score (nSPS) is 23.9. The SMILES string of the molecule is C1=Cc2ccccc2C2(C1)NC1=c3c(cccc3=CCC1)N2. The van der Waals surface area contributed by atoms with E-state index in [9.17, 15) is 0 Å². The van der Waals surface area contributed by atoms with Crippen LogP contribution in [0.4, 0.5) is 5.69 Å². The molecule has 0 saturated heterocycles. The maximum absolute atomic E-state index is 3.86. The van der Waals surface area contributed by atoms with Gasteiger partial charge in [0.2, 0.25) is 0 Å². The van der Waals surface area contributed by atoms with E-state index in [1.165, 1.54) is 32.9 Å². The van der Waals surface area contributed by atoms with E-state index < -0.39 is 0 Å². The predicted octanol–water partition coefficient (Wildman–Crippen LogP) is 2.65.